The molecular weight excluding hydrogens is 420 g/mol. The lowest BCUT2D eigenvalue weighted by Gasteiger charge is -2.27. The Balaban J connectivity index is 1.68. The average Bonchev–Trinajstić information content (AvgIpc) is 2.84. The predicted octanol–water partition coefficient (Wildman–Crippen LogP) is 1.31. The Morgan fingerprint density at radius 2 is 1.79 bits per heavy atom. The first-order valence-corrected chi connectivity index (χ1v) is 10.8. The van der Waals surface area contributed by atoms with E-state index >= 15 is 0 Å². The summed E-state index contributed by atoms with van der Waals surface area (Å²) in [6, 6.07) is 9.32. The molecule has 1 amide bonds. The highest BCUT2D eigenvalue weighted by atomic mass is 16.5. The smallest absolute Gasteiger partial charge is 0.251 e. The van der Waals surface area contributed by atoms with Crippen molar-refractivity contribution in [3.8, 4) is 22.5 Å². The van der Waals surface area contributed by atoms with E-state index in [1.165, 1.54) is 0 Å². The van der Waals surface area contributed by atoms with Crippen LogP contribution in [0.15, 0.2) is 42.7 Å². The molecule has 3 heterocycles. The fourth-order valence-electron chi connectivity index (χ4n) is 3.42. The number of carbonyl (C=O) groups excluding carboxylic acids is 1. The Kier molecular flexibility index (Phi) is 7.06. The van der Waals surface area contributed by atoms with Crippen molar-refractivity contribution in [3.63, 3.8) is 0 Å². The van der Waals surface area contributed by atoms with Crippen LogP contribution in [0.2, 0.25) is 0 Å². The number of aromatic nitrogens is 4. The highest BCUT2D eigenvalue weighted by molar-refractivity contribution is 5.95. The van der Waals surface area contributed by atoms with Crippen molar-refractivity contribution in [3.05, 3.63) is 48.3 Å². The van der Waals surface area contributed by atoms with Gasteiger partial charge in [0.1, 0.15) is 0 Å². The number of hydrogen-bond donors (Lipinski definition) is 2. The predicted molar refractivity (Wildman–Crippen MR) is 127 cm³/mol. The number of likely N-dealkylation sites (N-methyl/N-ethyl adjacent to an activating group) is 1. The molecule has 0 bridgehead atoms. The number of amides is 1. The molecule has 0 unspecified atom stereocenters. The van der Waals surface area contributed by atoms with Gasteiger partial charge in [0.25, 0.3) is 5.91 Å². The van der Waals surface area contributed by atoms with Crippen LogP contribution in [0.4, 0.5) is 11.9 Å². The van der Waals surface area contributed by atoms with Crippen molar-refractivity contribution in [2.75, 3.05) is 64.1 Å². The van der Waals surface area contributed by atoms with Crippen molar-refractivity contribution >= 4 is 17.8 Å². The van der Waals surface area contributed by atoms with E-state index in [2.05, 4.69) is 20.2 Å². The fraction of sp³-hybridized carbons (Fsp3) is 0.348. The lowest BCUT2D eigenvalue weighted by molar-refractivity contribution is 0.0951. The van der Waals surface area contributed by atoms with Crippen LogP contribution < -0.4 is 16.0 Å². The summed E-state index contributed by atoms with van der Waals surface area (Å²) in [5.74, 6) is 0.686. The van der Waals surface area contributed by atoms with Crippen molar-refractivity contribution in [1.29, 1.82) is 0 Å². The second-order valence-corrected chi connectivity index (χ2v) is 8.01. The normalized spacial score (nSPS) is 13.8. The average molecular weight is 449 g/mol. The number of morpholine rings is 1. The summed E-state index contributed by atoms with van der Waals surface area (Å²) in [4.78, 5) is 34.5. The van der Waals surface area contributed by atoms with Gasteiger partial charge in [-0.05, 0) is 32.3 Å². The number of anilines is 2. The lowest BCUT2D eigenvalue weighted by Crippen LogP contribution is -2.37. The Morgan fingerprint density at radius 1 is 1.09 bits per heavy atom. The van der Waals surface area contributed by atoms with Gasteiger partial charge in [0, 0.05) is 55.3 Å². The van der Waals surface area contributed by atoms with Gasteiger partial charge in [0.2, 0.25) is 11.9 Å². The lowest BCUT2D eigenvalue weighted by atomic mass is 10.1. The third-order valence-electron chi connectivity index (χ3n) is 5.24. The number of nitrogen functional groups attached to an aromatic ring is 1. The Morgan fingerprint density at radius 3 is 2.48 bits per heavy atom. The summed E-state index contributed by atoms with van der Waals surface area (Å²) in [6.45, 7) is 4.00. The van der Waals surface area contributed by atoms with Crippen molar-refractivity contribution in [1.82, 2.24) is 30.2 Å². The van der Waals surface area contributed by atoms with E-state index in [0.29, 0.717) is 55.7 Å². The number of nitrogens with zero attached hydrogens (tertiary/aromatic N) is 6. The number of ether oxygens (including phenoxy) is 1. The van der Waals surface area contributed by atoms with Crippen LogP contribution in [0.3, 0.4) is 0 Å². The third-order valence-corrected chi connectivity index (χ3v) is 5.24. The van der Waals surface area contributed by atoms with E-state index in [0.717, 1.165) is 17.7 Å². The Bertz CT molecular complexity index is 1100. The van der Waals surface area contributed by atoms with Crippen LogP contribution in [0.25, 0.3) is 22.5 Å². The largest absolute Gasteiger partial charge is 0.378 e. The minimum atomic E-state index is -0.117. The number of hydrogen-bond acceptors (Lipinski definition) is 9. The quantitative estimate of drug-likeness (QED) is 0.551. The second-order valence-electron chi connectivity index (χ2n) is 8.01. The zero-order valence-corrected chi connectivity index (χ0v) is 18.9. The molecule has 0 spiro atoms. The molecule has 0 saturated carbocycles. The fourth-order valence-corrected chi connectivity index (χ4v) is 3.42. The molecule has 0 atom stereocenters. The van der Waals surface area contributed by atoms with Crippen molar-refractivity contribution in [2.45, 2.75) is 0 Å². The number of nitrogens with one attached hydrogen (secondary N) is 1. The first kappa shape index (κ1) is 22.6. The van der Waals surface area contributed by atoms with Crippen LogP contribution in [-0.2, 0) is 4.74 Å². The minimum Gasteiger partial charge on any atom is -0.378 e. The number of rotatable bonds is 7. The molecule has 33 heavy (non-hydrogen) atoms. The van der Waals surface area contributed by atoms with Gasteiger partial charge in [0.05, 0.1) is 24.6 Å². The van der Waals surface area contributed by atoms with Gasteiger partial charge in [-0.2, -0.15) is 0 Å². The first-order valence-electron chi connectivity index (χ1n) is 10.8. The molecule has 1 fully saturated rings. The van der Waals surface area contributed by atoms with E-state index in [1.54, 1.807) is 18.5 Å². The molecule has 4 rings (SSSR count). The summed E-state index contributed by atoms with van der Waals surface area (Å²) < 4.78 is 5.47. The molecule has 0 radical (unpaired) electrons. The Hall–Kier alpha value is -3.63. The molecule has 10 heteroatoms. The van der Waals surface area contributed by atoms with Gasteiger partial charge in [0.15, 0.2) is 0 Å². The van der Waals surface area contributed by atoms with Gasteiger partial charge in [-0.25, -0.2) is 19.9 Å². The second kappa shape index (κ2) is 10.3. The number of carbonyl (C=O) groups is 1. The molecule has 1 aliphatic heterocycles. The third kappa shape index (κ3) is 5.79. The molecular formula is C23H28N8O2. The summed E-state index contributed by atoms with van der Waals surface area (Å²) >= 11 is 0. The van der Waals surface area contributed by atoms with Crippen LogP contribution in [0.1, 0.15) is 10.4 Å². The Labute approximate surface area is 192 Å². The summed E-state index contributed by atoms with van der Waals surface area (Å²) in [6.07, 6.45) is 3.29. The zero-order valence-electron chi connectivity index (χ0n) is 18.9. The van der Waals surface area contributed by atoms with E-state index in [9.17, 15) is 4.79 Å². The molecule has 3 aromatic rings. The van der Waals surface area contributed by atoms with Crippen LogP contribution in [0, 0.1) is 0 Å². The van der Waals surface area contributed by atoms with Crippen LogP contribution in [0.5, 0.6) is 0 Å². The van der Waals surface area contributed by atoms with E-state index < -0.39 is 0 Å². The molecule has 1 saturated heterocycles. The molecule has 1 aliphatic rings. The highest BCUT2D eigenvalue weighted by Gasteiger charge is 2.18. The summed E-state index contributed by atoms with van der Waals surface area (Å²) in [5, 5.41) is 2.95. The SMILES string of the molecule is CN(C)CCNC(=O)c1cccc(-c2cc(-c3cnc(N)nc3)nc(N3CCOCC3)n2)c1. The van der Waals surface area contributed by atoms with Gasteiger partial charge in [-0.3, -0.25) is 4.79 Å². The molecule has 10 nitrogen and oxygen atoms in total. The zero-order chi connectivity index (χ0) is 23.2. The van der Waals surface area contributed by atoms with Crippen molar-refractivity contribution in [2.24, 2.45) is 0 Å². The molecule has 3 N–H and O–H groups in total. The standard InChI is InChI=1S/C23H28N8O2/c1-30(2)7-6-25-21(32)17-5-3-4-16(12-17)19-13-20(18-14-26-22(24)27-15-18)29-23(28-19)31-8-10-33-11-9-31/h3-5,12-15H,6-11H2,1-2H3,(H,25,32)(H2,24,26,27). The van der Waals surface area contributed by atoms with Gasteiger partial charge >= 0.3 is 0 Å². The summed E-state index contributed by atoms with van der Waals surface area (Å²) in [7, 11) is 3.94. The van der Waals surface area contributed by atoms with Gasteiger partial charge in [-0.15, -0.1) is 0 Å². The van der Waals surface area contributed by atoms with Crippen molar-refractivity contribution < 1.29 is 9.53 Å². The topological polar surface area (TPSA) is 122 Å². The number of nitrogens with two attached hydrogens (primary N) is 1. The highest BCUT2D eigenvalue weighted by Crippen LogP contribution is 2.27. The number of benzene rings is 1. The van der Waals surface area contributed by atoms with E-state index in [1.807, 2.05) is 43.3 Å². The maximum absolute atomic E-state index is 12.6. The summed E-state index contributed by atoms with van der Waals surface area (Å²) in [5.41, 5.74) is 9.18. The first-order chi connectivity index (χ1) is 16.0. The molecule has 1 aromatic carbocycles. The molecule has 0 aliphatic carbocycles. The molecule has 172 valence electrons. The maximum atomic E-state index is 12.6. The van der Waals surface area contributed by atoms with Gasteiger partial charge < -0.3 is 25.6 Å². The minimum absolute atomic E-state index is 0.117. The van der Waals surface area contributed by atoms with E-state index in [4.69, 9.17) is 20.4 Å². The van der Waals surface area contributed by atoms with Gasteiger partial charge in [-0.1, -0.05) is 12.1 Å². The maximum Gasteiger partial charge on any atom is 0.251 e. The van der Waals surface area contributed by atoms with Crippen LogP contribution in [-0.4, -0.2) is 84.2 Å². The van der Waals surface area contributed by atoms with E-state index in [-0.39, 0.29) is 11.9 Å². The monoisotopic (exact) mass is 448 g/mol. The molecule has 2 aromatic heterocycles. The van der Waals surface area contributed by atoms with Crippen LogP contribution >= 0.6 is 0 Å².